The lowest BCUT2D eigenvalue weighted by molar-refractivity contribution is 0.0981. The molecule has 3 rings (SSSR count). The fourth-order valence-electron chi connectivity index (χ4n) is 3.21. The van der Waals surface area contributed by atoms with Gasteiger partial charge in [0.2, 0.25) is 0 Å². The molecule has 2 aromatic rings. The minimum Gasteiger partial charge on any atom is -0.496 e. The van der Waals surface area contributed by atoms with E-state index in [-0.39, 0.29) is 18.0 Å². The fourth-order valence-corrected chi connectivity index (χ4v) is 3.21. The van der Waals surface area contributed by atoms with Gasteiger partial charge in [-0.15, -0.1) is 0 Å². The lowest BCUT2D eigenvalue weighted by Crippen LogP contribution is -2.42. The average Bonchev–Trinajstić information content (AvgIpc) is 2.75. The smallest absolute Gasteiger partial charge is 0.409 e. The third-order valence-electron chi connectivity index (χ3n) is 4.75. The number of ether oxygens (including phenoxy) is 2. The molecular weight excluding hydrogens is 372 g/mol. The molecule has 1 aromatic heterocycles. The molecule has 154 valence electrons. The Morgan fingerprint density at radius 3 is 2.59 bits per heavy atom. The van der Waals surface area contributed by atoms with Gasteiger partial charge in [0.05, 0.1) is 31.2 Å². The lowest BCUT2D eigenvalue weighted by atomic mass is 10.1. The third kappa shape index (κ3) is 5.37. The molecule has 0 unspecified atom stereocenters. The highest BCUT2D eigenvalue weighted by atomic mass is 16.6. The Kier molecular flexibility index (Phi) is 6.89. The van der Waals surface area contributed by atoms with E-state index in [4.69, 9.17) is 9.47 Å². The van der Waals surface area contributed by atoms with E-state index in [1.807, 2.05) is 12.1 Å². The SMILES string of the molecule is CCOC(=O)N1CCC(Nc2ccc(NC(=O)c3ccccc3OC)cn2)CC1. The van der Waals surface area contributed by atoms with E-state index in [1.54, 1.807) is 42.3 Å². The number of carbonyl (C=O) groups is 2. The van der Waals surface area contributed by atoms with Crippen LogP contribution in [0.15, 0.2) is 42.6 Å². The molecule has 1 saturated heterocycles. The van der Waals surface area contributed by atoms with Gasteiger partial charge in [-0.25, -0.2) is 9.78 Å². The zero-order valence-electron chi connectivity index (χ0n) is 16.7. The Hall–Kier alpha value is -3.29. The molecule has 0 radical (unpaired) electrons. The van der Waals surface area contributed by atoms with Crippen molar-refractivity contribution < 1.29 is 19.1 Å². The molecule has 1 fully saturated rings. The van der Waals surface area contributed by atoms with Crippen LogP contribution in [0.5, 0.6) is 5.75 Å². The van der Waals surface area contributed by atoms with E-state index in [1.165, 1.54) is 7.11 Å². The largest absolute Gasteiger partial charge is 0.496 e. The lowest BCUT2D eigenvalue weighted by Gasteiger charge is -2.31. The standard InChI is InChI=1S/C21H26N4O4/c1-3-29-21(27)25-12-10-15(11-13-25)23-19-9-8-16(14-22-19)24-20(26)17-6-4-5-7-18(17)28-2/h4-9,14-15H,3,10-13H2,1-2H3,(H,22,23)(H,24,26). The van der Waals surface area contributed by atoms with E-state index >= 15 is 0 Å². The van der Waals surface area contributed by atoms with Crippen molar-refractivity contribution in [2.45, 2.75) is 25.8 Å². The van der Waals surface area contributed by atoms with Gasteiger partial charge in [0.1, 0.15) is 11.6 Å². The molecule has 29 heavy (non-hydrogen) atoms. The number of anilines is 2. The Morgan fingerprint density at radius 2 is 1.93 bits per heavy atom. The topological polar surface area (TPSA) is 92.8 Å². The van der Waals surface area contributed by atoms with Gasteiger partial charge in [-0.3, -0.25) is 4.79 Å². The van der Waals surface area contributed by atoms with Crippen LogP contribution in [0.25, 0.3) is 0 Å². The first-order chi connectivity index (χ1) is 14.1. The minimum atomic E-state index is -0.253. The first kappa shape index (κ1) is 20.4. The predicted octanol–water partition coefficient (Wildman–Crippen LogP) is 3.38. The highest BCUT2D eigenvalue weighted by Gasteiger charge is 2.23. The molecule has 0 bridgehead atoms. The molecule has 0 saturated carbocycles. The summed E-state index contributed by atoms with van der Waals surface area (Å²) in [6, 6.07) is 10.9. The van der Waals surface area contributed by atoms with Crippen molar-refractivity contribution in [1.82, 2.24) is 9.88 Å². The number of piperidine rings is 1. The number of nitrogens with one attached hydrogen (secondary N) is 2. The molecular formula is C21H26N4O4. The zero-order chi connectivity index (χ0) is 20.6. The van der Waals surface area contributed by atoms with Gasteiger partial charge >= 0.3 is 6.09 Å². The molecule has 0 spiro atoms. The second kappa shape index (κ2) is 9.77. The summed E-state index contributed by atoms with van der Waals surface area (Å²) < 4.78 is 10.3. The van der Waals surface area contributed by atoms with Gasteiger partial charge in [0.15, 0.2) is 0 Å². The monoisotopic (exact) mass is 398 g/mol. The molecule has 1 aliphatic heterocycles. The number of rotatable bonds is 6. The summed E-state index contributed by atoms with van der Waals surface area (Å²) in [6.07, 6.45) is 3.02. The van der Waals surface area contributed by atoms with Crippen molar-refractivity contribution in [2.75, 3.05) is 37.4 Å². The van der Waals surface area contributed by atoms with Crippen molar-refractivity contribution >= 4 is 23.5 Å². The van der Waals surface area contributed by atoms with Gasteiger partial charge < -0.3 is 25.0 Å². The van der Waals surface area contributed by atoms with Crippen molar-refractivity contribution in [3.63, 3.8) is 0 Å². The van der Waals surface area contributed by atoms with Crippen LogP contribution in [-0.2, 0) is 4.74 Å². The third-order valence-corrected chi connectivity index (χ3v) is 4.75. The maximum atomic E-state index is 12.5. The van der Waals surface area contributed by atoms with Gasteiger partial charge in [0.25, 0.3) is 5.91 Å². The second-order valence-corrected chi connectivity index (χ2v) is 6.69. The highest BCUT2D eigenvalue weighted by Crippen LogP contribution is 2.20. The summed E-state index contributed by atoms with van der Waals surface area (Å²) in [5.74, 6) is 0.997. The number of pyridine rings is 1. The van der Waals surface area contributed by atoms with Gasteiger partial charge in [-0.05, 0) is 44.0 Å². The highest BCUT2D eigenvalue weighted by molar-refractivity contribution is 6.06. The van der Waals surface area contributed by atoms with Crippen LogP contribution in [0.3, 0.4) is 0 Å². The Balaban J connectivity index is 1.52. The molecule has 2 heterocycles. The number of nitrogens with zero attached hydrogens (tertiary/aromatic N) is 2. The van der Waals surface area contributed by atoms with Crippen LogP contribution in [-0.4, -0.2) is 54.7 Å². The minimum absolute atomic E-state index is 0.238. The molecule has 0 aliphatic carbocycles. The Labute approximate surface area is 170 Å². The maximum Gasteiger partial charge on any atom is 0.409 e. The number of likely N-dealkylation sites (tertiary alicyclic amines) is 1. The summed E-state index contributed by atoms with van der Waals surface area (Å²) in [6.45, 7) is 3.51. The number of hydrogen-bond acceptors (Lipinski definition) is 6. The summed E-state index contributed by atoms with van der Waals surface area (Å²) in [5.41, 5.74) is 1.06. The maximum absolute atomic E-state index is 12.5. The van der Waals surface area contributed by atoms with Crippen molar-refractivity contribution in [3.8, 4) is 5.75 Å². The zero-order valence-corrected chi connectivity index (χ0v) is 16.7. The van der Waals surface area contributed by atoms with Crippen LogP contribution in [0.2, 0.25) is 0 Å². The van der Waals surface area contributed by atoms with E-state index < -0.39 is 0 Å². The van der Waals surface area contributed by atoms with E-state index in [0.717, 1.165) is 18.7 Å². The van der Waals surface area contributed by atoms with Gasteiger partial charge in [0, 0.05) is 19.1 Å². The first-order valence-electron chi connectivity index (χ1n) is 9.69. The number of carbonyl (C=O) groups excluding carboxylic acids is 2. The molecule has 8 heteroatoms. The van der Waals surface area contributed by atoms with Crippen LogP contribution in [0.4, 0.5) is 16.3 Å². The van der Waals surface area contributed by atoms with Crippen LogP contribution >= 0.6 is 0 Å². The molecule has 0 atom stereocenters. The fraction of sp³-hybridized carbons (Fsp3) is 0.381. The number of hydrogen-bond donors (Lipinski definition) is 2. The van der Waals surface area contributed by atoms with E-state index in [2.05, 4.69) is 15.6 Å². The van der Waals surface area contributed by atoms with E-state index in [0.29, 0.717) is 36.7 Å². The summed E-state index contributed by atoms with van der Waals surface area (Å²) in [5, 5.41) is 6.21. The number of aromatic nitrogens is 1. The molecule has 2 amide bonds. The second-order valence-electron chi connectivity index (χ2n) is 6.69. The summed E-state index contributed by atoms with van der Waals surface area (Å²) in [4.78, 5) is 30.3. The Bertz CT molecular complexity index is 833. The molecule has 2 N–H and O–H groups in total. The van der Waals surface area contributed by atoms with Crippen LogP contribution in [0.1, 0.15) is 30.1 Å². The molecule has 1 aromatic carbocycles. The number of benzene rings is 1. The molecule has 8 nitrogen and oxygen atoms in total. The van der Waals surface area contributed by atoms with Crippen LogP contribution < -0.4 is 15.4 Å². The van der Waals surface area contributed by atoms with Crippen LogP contribution in [0, 0.1) is 0 Å². The number of para-hydroxylation sites is 1. The normalized spacial score (nSPS) is 14.2. The van der Waals surface area contributed by atoms with Gasteiger partial charge in [-0.2, -0.15) is 0 Å². The predicted molar refractivity (Wildman–Crippen MR) is 110 cm³/mol. The van der Waals surface area contributed by atoms with E-state index in [9.17, 15) is 9.59 Å². The number of methoxy groups -OCH3 is 1. The quantitative estimate of drug-likeness (QED) is 0.775. The Morgan fingerprint density at radius 1 is 1.17 bits per heavy atom. The number of amides is 2. The van der Waals surface area contributed by atoms with Crippen molar-refractivity contribution in [3.05, 3.63) is 48.2 Å². The van der Waals surface area contributed by atoms with Crippen molar-refractivity contribution in [1.29, 1.82) is 0 Å². The van der Waals surface area contributed by atoms with Crippen molar-refractivity contribution in [2.24, 2.45) is 0 Å². The van der Waals surface area contributed by atoms with Gasteiger partial charge in [-0.1, -0.05) is 12.1 Å². The molecule has 1 aliphatic rings. The summed E-state index contributed by atoms with van der Waals surface area (Å²) >= 11 is 0. The first-order valence-corrected chi connectivity index (χ1v) is 9.69. The average molecular weight is 398 g/mol. The summed E-state index contributed by atoms with van der Waals surface area (Å²) in [7, 11) is 1.53.